The minimum Gasteiger partial charge on any atom is -0.339 e. The SMILES string of the molecule is Cc1cccc(C)c1Nc1c(CCc2ccccc2)nc2c(Cl)cc(Cl)cn12. The third-order valence-electron chi connectivity index (χ3n) is 4.93. The van der Waals surface area contributed by atoms with Crippen LogP contribution in [0.25, 0.3) is 5.65 Å². The Hall–Kier alpha value is -2.49. The van der Waals surface area contributed by atoms with Crippen LogP contribution in [0, 0.1) is 13.8 Å². The van der Waals surface area contributed by atoms with Crippen LogP contribution in [0.4, 0.5) is 11.5 Å². The van der Waals surface area contributed by atoms with Gasteiger partial charge in [-0.15, -0.1) is 0 Å². The van der Waals surface area contributed by atoms with Crippen LogP contribution in [-0.2, 0) is 12.8 Å². The number of benzene rings is 2. The van der Waals surface area contributed by atoms with Crippen LogP contribution in [0.3, 0.4) is 0 Å². The van der Waals surface area contributed by atoms with Gasteiger partial charge in [0.25, 0.3) is 0 Å². The van der Waals surface area contributed by atoms with Gasteiger partial charge in [-0.1, -0.05) is 71.7 Å². The summed E-state index contributed by atoms with van der Waals surface area (Å²) in [7, 11) is 0. The van der Waals surface area contributed by atoms with Gasteiger partial charge in [-0.05, 0) is 49.4 Å². The van der Waals surface area contributed by atoms with Crippen LogP contribution in [0.5, 0.6) is 0 Å². The van der Waals surface area contributed by atoms with Crippen LogP contribution in [-0.4, -0.2) is 9.38 Å². The Bertz CT molecular complexity index is 1110. The molecule has 2 aromatic carbocycles. The fourth-order valence-electron chi connectivity index (χ4n) is 3.46. The lowest BCUT2D eigenvalue weighted by atomic mass is 10.1. The van der Waals surface area contributed by atoms with E-state index in [9.17, 15) is 0 Å². The number of fused-ring (bicyclic) bond motifs is 1. The van der Waals surface area contributed by atoms with E-state index >= 15 is 0 Å². The van der Waals surface area contributed by atoms with E-state index in [1.807, 2.05) is 16.7 Å². The van der Waals surface area contributed by atoms with E-state index in [0.717, 1.165) is 30.0 Å². The number of imidazole rings is 1. The van der Waals surface area contributed by atoms with Gasteiger partial charge in [0, 0.05) is 11.9 Å². The van der Waals surface area contributed by atoms with Gasteiger partial charge in [0.05, 0.1) is 15.7 Å². The molecule has 0 aliphatic heterocycles. The summed E-state index contributed by atoms with van der Waals surface area (Å²) in [5.41, 5.74) is 6.40. The molecule has 2 heterocycles. The van der Waals surface area contributed by atoms with Crippen LogP contribution >= 0.6 is 23.2 Å². The minimum absolute atomic E-state index is 0.544. The summed E-state index contributed by atoms with van der Waals surface area (Å²) in [6, 6.07) is 18.4. The third-order valence-corrected chi connectivity index (χ3v) is 5.42. The summed E-state index contributed by atoms with van der Waals surface area (Å²) in [6.07, 6.45) is 3.56. The fourth-order valence-corrected chi connectivity index (χ4v) is 3.98. The number of hydrogen-bond acceptors (Lipinski definition) is 2. The van der Waals surface area contributed by atoms with Crippen molar-refractivity contribution in [1.82, 2.24) is 9.38 Å². The standard InChI is InChI=1S/C23H21Cl2N3/c1-15-7-6-8-16(2)21(15)27-23-20(12-11-17-9-4-3-5-10-17)26-22-19(25)13-18(24)14-28(22)23/h3-10,13-14,27H,11-12H2,1-2H3. The minimum atomic E-state index is 0.544. The highest BCUT2D eigenvalue weighted by Gasteiger charge is 2.17. The number of rotatable bonds is 5. The van der Waals surface area contributed by atoms with Crippen molar-refractivity contribution in [2.75, 3.05) is 5.32 Å². The molecule has 4 rings (SSSR count). The number of halogens is 2. The number of anilines is 2. The van der Waals surface area contributed by atoms with Crippen molar-refractivity contribution in [2.24, 2.45) is 0 Å². The highest BCUT2D eigenvalue weighted by Crippen LogP contribution is 2.32. The molecule has 0 amide bonds. The van der Waals surface area contributed by atoms with Gasteiger partial charge < -0.3 is 5.32 Å². The first-order chi connectivity index (χ1) is 13.5. The molecule has 0 spiro atoms. The molecule has 0 aliphatic rings. The van der Waals surface area contributed by atoms with E-state index < -0.39 is 0 Å². The highest BCUT2D eigenvalue weighted by molar-refractivity contribution is 6.36. The van der Waals surface area contributed by atoms with E-state index in [4.69, 9.17) is 28.2 Å². The summed E-state index contributed by atoms with van der Waals surface area (Å²) < 4.78 is 1.96. The first-order valence-corrected chi connectivity index (χ1v) is 10.0. The van der Waals surface area contributed by atoms with E-state index in [1.54, 1.807) is 6.07 Å². The summed E-state index contributed by atoms with van der Waals surface area (Å²) in [4.78, 5) is 4.83. The van der Waals surface area contributed by atoms with Crippen LogP contribution < -0.4 is 5.32 Å². The normalized spacial score (nSPS) is 11.1. The number of hydrogen-bond donors (Lipinski definition) is 1. The molecule has 2 aromatic heterocycles. The predicted octanol–water partition coefficient (Wildman–Crippen LogP) is 6.79. The van der Waals surface area contributed by atoms with Crippen molar-refractivity contribution >= 4 is 40.4 Å². The monoisotopic (exact) mass is 409 g/mol. The van der Waals surface area contributed by atoms with E-state index in [1.165, 1.54) is 16.7 Å². The Morgan fingerprint density at radius 1 is 0.929 bits per heavy atom. The Labute approximate surface area is 174 Å². The first kappa shape index (κ1) is 18.9. The van der Waals surface area contributed by atoms with Gasteiger partial charge in [-0.25, -0.2) is 4.98 Å². The second-order valence-electron chi connectivity index (χ2n) is 6.98. The molecule has 0 aliphatic carbocycles. The third kappa shape index (κ3) is 3.73. The summed E-state index contributed by atoms with van der Waals surface area (Å²) in [6.45, 7) is 4.20. The van der Waals surface area contributed by atoms with Crippen molar-refractivity contribution in [3.63, 3.8) is 0 Å². The van der Waals surface area contributed by atoms with E-state index in [0.29, 0.717) is 15.7 Å². The molecular formula is C23H21Cl2N3. The molecule has 0 radical (unpaired) electrons. The van der Waals surface area contributed by atoms with Crippen molar-refractivity contribution < 1.29 is 0 Å². The smallest absolute Gasteiger partial charge is 0.157 e. The molecule has 0 bridgehead atoms. The van der Waals surface area contributed by atoms with E-state index in [2.05, 4.69) is 61.6 Å². The van der Waals surface area contributed by atoms with Gasteiger partial charge in [0.2, 0.25) is 0 Å². The Morgan fingerprint density at radius 2 is 1.64 bits per heavy atom. The number of pyridine rings is 1. The molecule has 4 aromatic rings. The van der Waals surface area contributed by atoms with Crippen LogP contribution in [0.2, 0.25) is 10.0 Å². The maximum absolute atomic E-state index is 6.43. The van der Waals surface area contributed by atoms with Crippen molar-refractivity contribution in [3.8, 4) is 0 Å². The molecule has 28 heavy (non-hydrogen) atoms. The molecule has 0 saturated heterocycles. The maximum Gasteiger partial charge on any atom is 0.157 e. The molecule has 0 fully saturated rings. The first-order valence-electron chi connectivity index (χ1n) is 9.26. The lowest BCUT2D eigenvalue weighted by Crippen LogP contribution is -2.03. The predicted molar refractivity (Wildman–Crippen MR) is 118 cm³/mol. The Morgan fingerprint density at radius 3 is 2.36 bits per heavy atom. The lowest BCUT2D eigenvalue weighted by Gasteiger charge is -2.14. The van der Waals surface area contributed by atoms with Gasteiger partial charge >= 0.3 is 0 Å². The van der Waals surface area contributed by atoms with Crippen molar-refractivity contribution in [1.29, 1.82) is 0 Å². The quantitative estimate of drug-likeness (QED) is 0.393. The average Bonchev–Trinajstić information content (AvgIpc) is 3.02. The van der Waals surface area contributed by atoms with Crippen LogP contribution in [0.1, 0.15) is 22.4 Å². The van der Waals surface area contributed by atoms with Gasteiger partial charge in [-0.3, -0.25) is 4.40 Å². The second kappa shape index (κ2) is 7.86. The fraction of sp³-hybridized carbons (Fsp3) is 0.174. The zero-order valence-electron chi connectivity index (χ0n) is 15.8. The largest absolute Gasteiger partial charge is 0.339 e. The molecule has 3 nitrogen and oxygen atoms in total. The van der Waals surface area contributed by atoms with Crippen molar-refractivity contribution in [3.05, 3.63) is 93.2 Å². The highest BCUT2D eigenvalue weighted by atomic mass is 35.5. The summed E-state index contributed by atoms with van der Waals surface area (Å²) in [5, 5.41) is 4.73. The van der Waals surface area contributed by atoms with Gasteiger partial charge in [0.15, 0.2) is 5.65 Å². The Kier molecular flexibility index (Phi) is 5.29. The Balaban J connectivity index is 1.79. The number of para-hydroxylation sites is 1. The zero-order valence-corrected chi connectivity index (χ0v) is 17.3. The van der Waals surface area contributed by atoms with E-state index in [-0.39, 0.29) is 0 Å². The average molecular weight is 410 g/mol. The second-order valence-corrected chi connectivity index (χ2v) is 7.83. The van der Waals surface area contributed by atoms with Gasteiger partial charge in [-0.2, -0.15) is 0 Å². The summed E-state index contributed by atoms with van der Waals surface area (Å²) in [5.74, 6) is 0.910. The molecule has 5 heteroatoms. The zero-order chi connectivity index (χ0) is 19.7. The number of nitrogens with zero attached hydrogens (tertiary/aromatic N) is 2. The summed E-state index contributed by atoms with van der Waals surface area (Å²) >= 11 is 12.7. The molecule has 1 N–H and O–H groups in total. The number of nitrogens with one attached hydrogen (secondary N) is 1. The van der Waals surface area contributed by atoms with Crippen LogP contribution in [0.15, 0.2) is 60.8 Å². The number of aryl methyl sites for hydroxylation is 4. The molecule has 0 atom stereocenters. The number of aromatic nitrogens is 2. The topological polar surface area (TPSA) is 29.3 Å². The molecular weight excluding hydrogens is 389 g/mol. The molecule has 0 unspecified atom stereocenters. The molecule has 0 saturated carbocycles. The molecule has 142 valence electrons. The lowest BCUT2D eigenvalue weighted by molar-refractivity contribution is 0.929. The van der Waals surface area contributed by atoms with Gasteiger partial charge in [0.1, 0.15) is 5.82 Å². The maximum atomic E-state index is 6.43. The van der Waals surface area contributed by atoms with Crippen molar-refractivity contribution in [2.45, 2.75) is 26.7 Å².